The van der Waals surface area contributed by atoms with E-state index >= 15 is 0 Å². The minimum absolute atomic E-state index is 0.163. The van der Waals surface area contributed by atoms with Crippen LogP contribution in [-0.2, 0) is 0 Å². The molecule has 0 radical (unpaired) electrons. The number of carbonyl (C=O) groups excluding carboxylic acids is 1. The van der Waals surface area contributed by atoms with E-state index in [1.54, 1.807) is 6.20 Å². The Morgan fingerprint density at radius 2 is 2.00 bits per heavy atom. The van der Waals surface area contributed by atoms with Crippen LogP contribution in [0.15, 0.2) is 48.7 Å². The van der Waals surface area contributed by atoms with Gasteiger partial charge in [-0.05, 0) is 30.3 Å². The van der Waals surface area contributed by atoms with Crippen LogP contribution in [-0.4, -0.2) is 25.9 Å². The molecule has 0 atom stereocenters. The van der Waals surface area contributed by atoms with Crippen molar-refractivity contribution in [2.75, 3.05) is 5.32 Å². The highest BCUT2D eigenvalue weighted by molar-refractivity contribution is 5.97. The first kappa shape index (κ1) is 13.4. The zero-order chi connectivity index (χ0) is 15.8. The van der Waals surface area contributed by atoms with Crippen molar-refractivity contribution >= 4 is 39.1 Å². The van der Waals surface area contributed by atoms with Crippen molar-refractivity contribution in [2.45, 2.75) is 6.92 Å². The van der Waals surface area contributed by atoms with Gasteiger partial charge < -0.3 is 5.32 Å². The third-order valence-electron chi connectivity index (χ3n) is 3.62. The highest BCUT2D eigenvalue weighted by Gasteiger charge is 2.11. The predicted molar refractivity (Wildman–Crippen MR) is 88.9 cm³/mol. The van der Waals surface area contributed by atoms with Crippen LogP contribution < -0.4 is 5.32 Å². The van der Waals surface area contributed by atoms with Gasteiger partial charge in [0.05, 0.1) is 17.2 Å². The lowest BCUT2D eigenvalue weighted by Crippen LogP contribution is -2.05. The van der Waals surface area contributed by atoms with Crippen molar-refractivity contribution in [2.24, 2.45) is 0 Å². The van der Waals surface area contributed by atoms with E-state index in [1.165, 1.54) is 6.92 Å². The number of carbonyl (C=O) groups is 1. The number of aromatic amines is 1. The van der Waals surface area contributed by atoms with E-state index in [1.807, 2.05) is 42.5 Å². The number of rotatable bonds is 3. The van der Waals surface area contributed by atoms with E-state index < -0.39 is 0 Å². The van der Waals surface area contributed by atoms with Gasteiger partial charge in [-0.1, -0.05) is 12.1 Å². The van der Waals surface area contributed by atoms with E-state index in [-0.39, 0.29) is 11.6 Å². The number of fused-ring (bicyclic) bond motifs is 2. The molecule has 0 saturated carbocycles. The number of Topliss-reactive ketones (excluding diaryl/α,β-unsaturated/α-hetero) is 1. The van der Waals surface area contributed by atoms with Crippen LogP contribution in [0, 0.1) is 0 Å². The molecule has 0 unspecified atom stereocenters. The maximum absolute atomic E-state index is 11.7. The van der Waals surface area contributed by atoms with Crippen molar-refractivity contribution < 1.29 is 4.79 Å². The molecule has 23 heavy (non-hydrogen) atoms. The van der Waals surface area contributed by atoms with Gasteiger partial charge in [-0.2, -0.15) is 5.10 Å². The van der Waals surface area contributed by atoms with Crippen molar-refractivity contribution in [3.8, 4) is 0 Å². The van der Waals surface area contributed by atoms with Gasteiger partial charge in [0.1, 0.15) is 5.82 Å². The summed E-state index contributed by atoms with van der Waals surface area (Å²) >= 11 is 0. The Balaban J connectivity index is 1.84. The highest BCUT2D eigenvalue weighted by atomic mass is 16.1. The summed E-state index contributed by atoms with van der Waals surface area (Å²) in [5.41, 5.74) is 2.57. The fraction of sp³-hybridized carbons (Fsp3) is 0.0588. The molecule has 0 amide bonds. The second-order valence-electron chi connectivity index (χ2n) is 5.27. The van der Waals surface area contributed by atoms with E-state index in [2.05, 4.69) is 25.5 Å². The summed E-state index contributed by atoms with van der Waals surface area (Å²) in [6, 6.07) is 13.5. The second kappa shape index (κ2) is 5.17. The maximum Gasteiger partial charge on any atom is 0.198 e. The number of aromatic nitrogens is 4. The van der Waals surface area contributed by atoms with Crippen molar-refractivity contribution in [1.82, 2.24) is 20.2 Å². The molecule has 0 spiro atoms. The number of hydrogen-bond acceptors (Lipinski definition) is 5. The molecule has 0 aliphatic heterocycles. The van der Waals surface area contributed by atoms with Crippen molar-refractivity contribution in [3.63, 3.8) is 0 Å². The van der Waals surface area contributed by atoms with Gasteiger partial charge in [-0.25, -0.2) is 9.97 Å². The molecule has 0 fully saturated rings. The number of ketones is 1. The molecule has 2 heterocycles. The molecule has 0 saturated heterocycles. The summed E-state index contributed by atoms with van der Waals surface area (Å²) in [7, 11) is 0. The van der Waals surface area contributed by atoms with Crippen LogP contribution in [0.2, 0.25) is 0 Å². The molecule has 0 bridgehead atoms. The van der Waals surface area contributed by atoms with Crippen LogP contribution >= 0.6 is 0 Å². The summed E-state index contributed by atoms with van der Waals surface area (Å²) in [6.07, 6.45) is 1.76. The Labute approximate surface area is 131 Å². The number of nitrogens with zero attached hydrogens (tertiary/aromatic N) is 3. The maximum atomic E-state index is 11.7. The van der Waals surface area contributed by atoms with Crippen LogP contribution in [0.4, 0.5) is 11.5 Å². The first-order valence-corrected chi connectivity index (χ1v) is 7.18. The normalized spacial score (nSPS) is 11.0. The smallest absolute Gasteiger partial charge is 0.198 e. The van der Waals surface area contributed by atoms with E-state index in [0.717, 1.165) is 27.5 Å². The lowest BCUT2D eigenvalue weighted by atomic mass is 10.2. The molecule has 2 aromatic carbocycles. The van der Waals surface area contributed by atoms with Gasteiger partial charge in [0.15, 0.2) is 11.6 Å². The number of H-pyrrole nitrogens is 1. The third-order valence-corrected chi connectivity index (χ3v) is 3.62. The summed E-state index contributed by atoms with van der Waals surface area (Å²) in [5, 5.41) is 12.1. The van der Waals surface area contributed by atoms with E-state index in [4.69, 9.17) is 0 Å². The highest BCUT2D eigenvalue weighted by Crippen LogP contribution is 2.25. The molecule has 2 aromatic heterocycles. The van der Waals surface area contributed by atoms with Gasteiger partial charge >= 0.3 is 0 Å². The molecule has 0 aliphatic carbocycles. The number of benzene rings is 2. The minimum atomic E-state index is -0.163. The monoisotopic (exact) mass is 303 g/mol. The lowest BCUT2D eigenvalue weighted by molar-refractivity contribution is 0.100. The van der Waals surface area contributed by atoms with Crippen LogP contribution in [0.1, 0.15) is 17.5 Å². The van der Waals surface area contributed by atoms with Gasteiger partial charge in [-0.15, -0.1) is 0 Å². The van der Waals surface area contributed by atoms with Gasteiger partial charge in [0.2, 0.25) is 0 Å². The fourth-order valence-electron chi connectivity index (χ4n) is 2.49. The molecule has 112 valence electrons. The number of nitrogens with one attached hydrogen (secondary N) is 2. The van der Waals surface area contributed by atoms with Crippen LogP contribution in [0.3, 0.4) is 0 Å². The quantitative estimate of drug-likeness (QED) is 0.566. The molecule has 0 aliphatic rings. The first-order valence-electron chi connectivity index (χ1n) is 7.18. The molecular formula is C17H13N5O. The second-order valence-corrected chi connectivity index (χ2v) is 5.27. The Bertz CT molecular complexity index is 1040. The van der Waals surface area contributed by atoms with Crippen LogP contribution in [0.5, 0.6) is 0 Å². The van der Waals surface area contributed by atoms with E-state index in [9.17, 15) is 4.79 Å². The summed E-state index contributed by atoms with van der Waals surface area (Å²) in [5.74, 6) is 0.656. The Morgan fingerprint density at radius 3 is 2.87 bits per heavy atom. The zero-order valence-electron chi connectivity index (χ0n) is 12.4. The number of hydrogen-bond donors (Lipinski definition) is 2. The number of para-hydroxylation sites is 1. The molecule has 2 N–H and O–H groups in total. The molecular weight excluding hydrogens is 290 g/mol. The topological polar surface area (TPSA) is 83.6 Å². The molecule has 6 heteroatoms. The predicted octanol–water partition coefficient (Wildman–Crippen LogP) is 3.45. The van der Waals surface area contributed by atoms with E-state index in [0.29, 0.717) is 5.82 Å². The minimum Gasteiger partial charge on any atom is -0.340 e. The zero-order valence-corrected chi connectivity index (χ0v) is 12.4. The van der Waals surface area contributed by atoms with Gasteiger partial charge in [0.25, 0.3) is 0 Å². The molecule has 4 rings (SSSR count). The Kier molecular flexibility index (Phi) is 3.01. The first-order chi connectivity index (χ1) is 11.2. The largest absolute Gasteiger partial charge is 0.340 e. The fourth-order valence-corrected chi connectivity index (χ4v) is 2.49. The third kappa shape index (κ3) is 2.40. The average molecular weight is 303 g/mol. The Morgan fingerprint density at radius 1 is 1.13 bits per heavy atom. The Hall–Kier alpha value is -3.28. The van der Waals surface area contributed by atoms with Crippen LogP contribution in [0.25, 0.3) is 21.8 Å². The average Bonchev–Trinajstić information content (AvgIpc) is 3.02. The molecule has 6 nitrogen and oxygen atoms in total. The van der Waals surface area contributed by atoms with Crippen molar-refractivity contribution in [1.29, 1.82) is 0 Å². The lowest BCUT2D eigenvalue weighted by Gasteiger charge is -2.10. The van der Waals surface area contributed by atoms with Crippen molar-refractivity contribution in [3.05, 3.63) is 54.5 Å². The van der Waals surface area contributed by atoms with Gasteiger partial charge in [-0.3, -0.25) is 9.89 Å². The SMILES string of the molecule is CC(=O)c1nc(Nc2ccc3[nH]ncc3c2)c2ccccc2n1. The summed E-state index contributed by atoms with van der Waals surface area (Å²) in [4.78, 5) is 20.3. The van der Waals surface area contributed by atoms with Gasteiger partial charge in [0, 0.05) is 23.4 Å². The standard InChI is InChI=1S/C17H13N5O/c1-10(23)16-20-15-5-3-2-4-13(15)17(21-16)19-12-6-7-14-11(8-12)9-18-22-14/h2-9H,1H3,(H,18,22)(H,19,20,21). The summed E-state index contributed by atoms with van der Waals surface area (Å²) < 4.78 is 0. The molecule has 4 aromatic rings. The summed E-state index contributed by atoms with van der Waals surface area (Å²) in [6.45, 7) is 1.46. The number of anilines is 2.